The molecule has 5 heteroatoms. The lowest BCUT2D eigenvalue weighted by molar-refractivity contribution is -0.120. The maximum Gasteiger partial charge on any atom is 0.227 e. The molecule has 18 heavy (non-hydrogen) atoms. The van der Waals surface area contributed by atoms with Crippen molar-refractivity contribution in [2.75, 3.05) is 18.5 Å². The summed E-state index contributed by atoms with van der Waals surface area (Å²) < 4.78 is 5.35. The summed E-state index contributed by atoms with van der Waals surface area (Å²) in [7, 11) is 0. The van der Waals surface area contributed by atoms with Crippen LogP contribution >= 0.6 is 11.6 Å². The topological polar surface area (TPSA) is 51.2 Å². The smallest absolute Gasteiger partial charge is 0.227 e. The van der Waals surface area contributed by atoms with E-state index < -0.39 is 0 Å². The van der Waals surface area contributed by atoms with Crippen molar-refractivity contribution in [1.29, 1.82) is 0 Å². The second-order valence-corrected chi connectivity index (χ2v) is 4.93. The normalized spacial score (nSPS) is 20.2. The van der Waals surface area contributed by atoms with E-state index in [0.29, 0.717) is 17.3 Å². The van der Waals surface area contributed by atoms with E-state index in [1.807, 2.05) is 6.92 Å². The highest BCUT2D eigenvalue weighted by molar-refractivity contribution is 6.31. The summed E-state index contributed by atoms with van der Waals surface area (Å²) in [6, 6.07) is 1.73. The quantitative estimate of drug-likeness (QED) is 0.897. The minimum Gasteiger partial charge on any atom is -0.381 e. The molecule has 0 bridgehead atoms. The van der Waals surface area contributed by atoms with Gasteiger partial charge in [0.15, 0.2) is 0 Å². The van der Waals surface area contributed by atoms with Gasteiger partial charge in [0.1, 0.15) is 0 Å². The number of halogens is 1. The predicted molar refractivity (Wildman–Crippen MR) is 70.8 cm³/mol. The van der Waals surface area contributed by atoms with Gasteiger partial charge in [-0.1, -0.05) is 11.6 Å². The fraction of sp³-hybridized carbons (Fsp3) is 0.538. The summed E-state index contributed by atoms with van der Waals surface area (Å²) in [6.45, 7) is 3.24. The number of hydrogen-bond acceptors (Lipinski definition) is 3. The number of pyridine rings is 1. The summed E-state index contributed by atoms with van der Waals surface area (Å²) in [5, 5.41) is 3.43. The standard InChI is InChI=1S/C13H17ClN2O2/c1-9-12(14)7-11(8-15-9)16-13(17)10-3-2-5-18-6-4-10/h7-8,10H,2-6H2,1H3,(H,16,17). The van der Waals surface area contributed by atoms with Crippen LogP contribution in [0.3, 0.4) is 0 Å². The molecule has 2 rings (SSSR count). The first-order valence-corrected chi connectivity index (χ1v) is 6.55. The molecule has 1 aliphatic heterocycles. The van der Waals surface area contributed by atoms with Crippen LogP contribution in [0.15, 0.2) is 12.3 Å². The number of anilines is 1. The molecule has 0 radical (unpaired) electrons. The van der Waals surface area contributed by atoms with Gasteiger partial charge in [0.25, 0.3) is 0 Å². The largest absolute Gasteiger partial charge is 0.381 e. The summed E-state index contributed by atoms with van der Waals surface area (Å²) in [4.78, 5) is 16.2. The lowest BCUT2D eigenvalue weighted by Crippen LogP contribution is -2.23. The van der Waals surface area contributed by atoms with Gasteiger partial charge in [0, 0.05) is 19.1 Å². The van der Waals surface area contributed by atoms with Gasteiger partial charge < -0.3 is 10.1 Å². The van der Waals surface area contributed by atoms with Gasteiger partial charge in [0.05, 0.1) is 22.6 Å². The molecular formula is C13H17ClN2O2. The van der Waals surface area contributed by atoms with Crippen LogP contribution < -0.4 is 5.32 Å². The van der Waals surface area contributed by atoms with E-state index in [4.69, 9.17) is 16.3 Å². The lowest BCUT2D eigenvalue weighted by atomic mass is 10.00. The Morgan fingerprint density at radius 2 is 2.33 bits per heavy atom. The predicted octanol–water partition coefficient (Wildman–Crippen LogP) is 2.80. The van der Waals surface area contributed by atoms with Crippen LogP contribution in [-0.2, 0) is 9.53 Å². The number of carbonyl (C=O) groups excluding carboxylic acids is 1. The van der Waals surface area contributed by atoms with Gasteiger partial charge in [-0.15, -0.1) is 0 Å². The molecule has 0 spiro atoms. The average molecular weight is 269 g/mol. The van der Waals surface area contributed by atoms with E-state index in [9.17, 15) is 4.79 Å². The minimum absolute atomic E-state index is 0.0209. The maximum absolute atomic E-state index is 12.1. The number of carbonyl (C=O) groups is 1. The Balaban J connectivity index is 1.99. The van der Waals surface area contributed by atoms with Gasteiger partial charge in [-0.2, -0.15) is 0 Å². The molecule has 1 unspecified atom stereocenters. The Morgan fingerprint density at radius 3 is 3.11 bits per heavy atom. The summed E-state index contributed by atoms with van der Waals surface area (Å²) in [5.41, 5.74) is 1.42. The molecule has 98 valence electrons. The van der Waals surface area contributed by atoms with Gasteiger partial charge in [-0.3, -0.25) is 9.78 Å². The summed E-state index contributed by atoms with van der Waals surface area (Å²) in [5.74, 6) is 0.0507. The van der Waals surface area contributed by atoms with E-state index in [1.54, 1.807) is 12.3 Å². The number of ether oxygens (including phenoxy) is 1. The Hall–Kier alpha value is -1.13. The first-order chi connectivity index (χ1) is 8.66. The van der Waals surface area contributed by atoms with E-state index in [2.05, 4.69) is 10.3 Å². The van der Waals surface area contributed by atoms with Gasteiger partial charge >= 0.3 is 0 Å². The van der Waals surface area contributed by atoms with Crippen LogP contribution in [0.5, 0.6) is 0 Å². The van der Waals surface area contributed by atoms with Crippen LogP contribution in [-0.4, -0.2) is 24.1 Å². The molecule has 1 amide bonds. The Kier molecular flexibility index (Phi) is 4.55. The van der Waals surface area contributed by atoms with Crippen molar-refractivity contribution in [3.8, 4) is 0 Å². The first kappa shape index (κ1) is 13.3. The number of aryl methyl sites for hydroxylation is 1. The number of rotatable bonds is 2. The monoisotopic (exact) mass is 268 g/mol. The molecule has 1 aliphatic rings. The third kappa shape index (κ3) is 3.43. The second-order valence-electron chi connectivity index (χ2n) is 4.52. The molecular weight excluding hydrogens is 252 g/mol. The maximum atomic E-state index is 12.1. The van der Waals surface area contributed by atoms with Crippen LogP contribution in [0.2, 0.25) is 5.02 Å². The molecule has 1 N–H and O–H groups in total. The molecule has 1 saturated heterocycles. The first-order valence-electron chi connectivity index (χ1n) is 6.17. The third-order valence-electron chi connectivity index (χ3n) is 3.12. The molecule has 0 saturated carbocycles. The lowest BCUT2D eigenvalue weighted by Gasteiger charge is -2.13. The number of aromatic nitrogens is 1. The number of nitrogens with one attached hydrogen (secondary N) is 1. The molecule has 1 aromatic rings. The molecule has 0 aromatic carbocycles. The van der Waals surface area contributed by atoms with Gasteiger partial charge in [-0.25, -0.2) is 0 Å². The van der Waals surface area contributed by atoms with Crippen molar-refractivity contribution in [3.05, 3.63) is 23.0 Å². The zero-order valence-electron chi connectivity index (χ0n) is 10.4. The zero-order chi connectivity index (χ0) is 13.0. The highest BCUT2D eigenvalue weighted by Gasteiger charge is 2.20. The Morgan fingerprint density at radius 1 is 1.50 bits per heavy atom. The van der Waals surface area contributed by atoms with Crippen molar-refractivity contribution in [2.45, 2.75) is 26.2 Å². The number of amides is 1. The molecule has 1 atom stereocenters. The highest BCUT2D eigenvalue weighted by atomic mass is 35.5. The molecule has 4 nitrogen and oxygen atoms in total. The minimum atomic E-state index is 0.0209. The third-order valence-corrected chi connectivity index (χ3v) is 3.50. The zero-order valence-corrected chi connectivity index (χ0v) is 11.2. The van der Waals surface area contributed by atoms with Crippen molar-refractivity contribution in [2.24, 2.45) is 5.92 Å². The van der Waals surface area contributed by atoms with Gasteiger partial charge in [-0.05, 0) is 32.3 Å². The molecule has 0 aliphatic carbocycles. The Labute approximate surface area is 112 Å². The molecule has 1 fully saturated rings. The van der Waals surface area contributed by atoms with Crippen molar-refractivity contribution in [3.63, 3.8) is 0 Å². The van der Waals surface area contributed by atoms with Crippen molar-refractivity contribution >= 4 is 23.2 Å². The van der Waals surface area contributed by atoms with Crippen LogP contribution in [0.1, 0.15) is 25.0 Å². The number of nitrogens with zero attached hydrogens (tertiary/aromatic N) is 1. The van der Waals surface area contributed by atoms with Crippen molar-refractivity contribution in [1.82, 2.24) is 4.98 Å². The van der Waals surface area contributed by atoms with E-state index in [0.717, 1.165) is 31.6 Å². The van der Waals surface area contributed by atoms with Crippen molar-refractivity contribution < 1.29 is 9.53 Å². The average Bonchev–Trinajstić information content (AvgIpc) is 2.62. The van der Waals surface area contributed by atoms with Crippen LogP contribution in [0.4, 0.5) is 5.69 Å². The molecule has 2 heterocycles. The van der Waals surface area contributed by atoms with Crippen LogP contribution in [0, 0.1) is 12.8 Å². The van der Waals surface area contributed by atoms with E-state index in [-0.39, 0.29) is 11.8 Å². The SMILES string of the molecule is Cc1ncc(NC(=O)C2CCCOCC2)cc1Cl. The fourth-order valence-corrected chi connectivity index (χ4v) is 2.15. The van der Waals surface area contributed by atoms with Crippen LogP contribution in [0.25, 0.3) is 0 Å². The summed E-state index contributed by atoms with van der Waals surface area (Å²) in [6.07, 6.45) is 4.22. The van der Waals surface area contributed by atoms with E-state index in [1.165, 1.54) is 0 Å². The van der Waals surface area contributed by atoms with Gasteiger partial charge in [0.2, 0.25) is 5.91 Å². The fourth-order valence-electron chi connectivity index (χ4n) is 1.98. The Bertz CT molecular complexity index is 429. The summed E-state index contributed by atoms with van der Waals surface area (Å²) >= 11 is 5.98. The second kappa shape index (κ2) is 6.16. The van der Waals surface area contributed by atoms with E-state index >= 15 is 0 Å². The number of hydrogen-bond donors (Lipinski definition) is 1. The molecule has 1 aromatic heterocycles. The highest BCUT2D eigenvalue weighted by Crippen LogP contribution is 2.21.